The van der Waals surface area contributed by atoms with Crippen LogP contribution in [0.15, 0.2) is 67.0 Å². The number of rotatable bonds is 7. The molecule has 1 aliphatic rings. The molecule has 2 unspecified atom stereocenters. The number of hydrogen-bond acceptors (Lipinski definition) is 6. The SMILES string of the molecule is O=C(NCC(O)C(O)c1cncc(CO)c1)OCC1c2ccccc2-c2ccccc21. The molecule has 0 radical (unpaired) electrons. The minimum absolute atomic E-state index is 0.0547. The second-order valence-corrected chi connectivity index (χ2v) is 7.50. The monoisotopic (exact) mass is 420 g/mol. The molecule has 0 bridgehead atoms. The van der Waals surface area contributed by atoms with Crippen molar-refractivity contribution in [2.45, 2.75) is 24.7 Å². The average Bonchev–Trinajstić information content (AvgIpc) is 3.14. The van der Waals surface area contributed by atoms with Crippen LogP contribution < -0.4 is 5.32 Å². The number of fused-ring (bicyclic) bond motifs is 3. The summed E-state index contributed by atoms with van der Waals surface area (Å²) in [5, 5.41) is 32.2. The highest BCUT2D eigenvalue weighted by molar-refractivity contribution is 5.79. The van der Waals surface area contributed by atoms with Gasteiger partial charge in [0.25, 0.3) is 0 Å². The van der Waals surface area contributed by atoms with Crippen LogP contribution in [0.25, 0.3) is 11.1 Å². The van der Waals surface area contributed by atoms with Crippen LogP contribution in [-0.4, -0.2) is 45.7 Å². The zero-order valence-electron chi connectivity index (χ0n) is 16.8. The largest absolute Gasteiger partial charge is 0.449 e. The molecular weight excluding hydrogens is 396 g/mol. The first-order chi connectivity index (χ1) is 15.1. The Morgan fingerprint density at radius 1 is 1.03 bits per heavy atom. The second-order valence-electron chi connectivity index (χ2n) is 7.50. The van der Waals surface area contributed by atoms with Gasteiger partial charge in [-0.05, 0) is 33.9 Å². The lowest BCUT2D eigenvalue weighted by molar-refractivity contribution is 0.0182. The number of hydrogen-bond donors (Lipinski definition) is 4. The van der Waals surface area contributed by atoms with E-state index in [0.29, 0.717) is 11.1 Å². The number of aromatic nitrogens is 1. The third-order valence-electron chi connectivity index (χ3n) is 5.50. The molecule has 0 saturated heterocycles. The molecule has 160 valence electrons. The van der Waals surface area contributed by atoms with E-state index >= 15 is 0 Å². The molecule has 1 aliphatic carbocycles. The second kappa shape index (κ2) is 9.26. The van der Waals surface area contributed by atoms with Gasteiger partial charge in [0, 0.05) is 30.4 Å². The van der Waals surface area contributed by atoms with Gasteiger partial charge in [0.2, 0.25) is 0 Å². The molecule has 4 rings (SSSR count). The fourth-order valence-electron chi connectivity index (χ4n) is 3.93. The maximum absolute atomic E-state index is 12.2. The lowest BCUT2D eigenvalue weighted by atomic mass is 9.98. The van der Waals surface area contributed by atoms with Gasteiger partial charge < -0.3 is 25.4 Å². The Morgan fingerprint density at radius 2 is 1.68 bits per heavy atom. The van der Waals surface area contributed by atoms with Crippen LogP contribution in [0.4, 0.5) is 4.79 Å². The van der Waals surface area contributed by atoms with E-state index in [1.54, 1.807) is 6.07 Å². The minimum Gasteiger partial charge on any atom is -0.449 e. The maximum Gasteiger partial charge on any atom is 0.407 e. The summed E-state index contributed by atoms with van der Waals surface area (Å²) >= 11 is 0. The fourth-order valence-corrected chi connectivity index (χ4v) is 3.93. The molecule has 2 atom stereocenters. The third-order valence-corrected chi connectivity index (χ3v) is 5.50. The standard InChI is InChI=1S/C24H24N2O5/c27-13-15-9-16(11-25-10-15)23(29)22(28)12-26-24(30)31-14-21-19-7-3-1-5-17(19)18-6-2-4-8-20(18)21/h1-11,21-23,27-29H,12-14H2,(H,26,30). The van der Waals surface area contributed by atoms with Crippen LogP contribution in [0.5, 0.6) is 0 Å². The summed E-state index contributed by atoms with van der Waals surface area (Å²) in [6.07, 6.45) is -0.308. The number of alkyl carbamates (subject to hydrolysis) is 1. The third kappa shape index (κ3) is 4.44. The Hall–Kier alpha value is -3.26. The lowest BCUT2D eigenvalue weighted by Crippen LogP contribution is -2.36. The van der Waals surface area contributed by atoms with E-state index in [4.69, 9.17) is 4.74 Å². The molecule has 7 nitrogen and oxygen atoms in total. The van der Waals surface area contributed by atoms with Gasteiger partial charge in [0.15, 0.2) is 0 Å². The number of pyridine rings is 1. The van der Waals surface area contributed by atoms with E-state index in [0.717, 1.165) is 22.3 Å². The molecule has 0 saturated carbocycles. The van der Waals surface area contributed by atoms with Gasteiger partial charge in [-0.3, -0.25) is 4.98 Å². The van der Waals surface area contributed by atoms with Crippen molar-refractivity contribution in [3.05, 3.63) is 89.2 Å². The van der Waals surface area contributed by atoms with Gasteiger partial charge in [-0.2, -0.15) is 0 Å². The zero-order chi connectivity index (χ0) is 21.8. The Labute approximate surface area is 180 Å². The molecule has 7 heteroatoms. The van der Waals surface area contributed by atoms with Gasteiger partial charge in [-0.1, -0.05) is 48.5 Å². The van der Waals surface area contributed by atoms with Crippen LogP contribution >= 0.6 is 0 Å². The molecule has 31 heavy (non-hydrogen) atoms. The molecule has 0 aliphatic heterocycles. The summed E-state index contributed by atoms with van der Waals surface area (Å²) in [6.45, 7) is -0.246. The van der Waals surface area contributed by atoms with Crippen molar-refractivity contribution in [3.8, 4) is 11.1 Å². The van der Waals surface area contributed by atoms with Crippen molar-refractivity contribution in [1.82, 2.24) is 10.3 Å². The minimum atomic E-state index is -1.26. The van der Waals surface area contributed by atoms with Crippen LogP contribution in [0.2, 0.25) is 0 Å². The van der Waals surface area contributed by atoms with E-state index in [1.165, 1.54) is 12.4 Å². The quantitative estimate of drug-likeness (QED) is 0.467. The molecule has 4 N–H and O–H groups in total. The summed E-state index contributed by atoms with van der Waals surface area (Å²) in [6, 6.07) is 17.7. The molecule has 1 amide bonds. The molecular formula is C24H24N2O5. The number of benzene rings is 2. The predicted molar refractivity (Wildman–Crippen MR) is 114 cm³/mol. The van der Waals surface area contributed by atoms with Gasteiger partial charge in [0.1, 0.15) is 18.8 Å². The molecule has 3 aromatic rings. The normalized spacial score (nSPS) is 14.4. The number of amides is 1. The van der Waals surface area contributed by atoms with Gasteiger partial charge in [-0.25, -0.2) is 4.79 Å². The number of aliphatic hydroxyl groups excluding tert-OH is 3. The Balaban J connectivity index is 1.33. The van der Waals surface area contributed by atoms with Crippen LogP contribution in [-0.2, 0) is 11.3 Å². The van der Waals surface area contributed by atoms with Crippen molar-refractivity contribution < 1.29 is 24.9 Å². The Morgan fingerprint density at radius 3 is 2.32 bits per heavy atom. The summed E-state index contributed by atoms with van der Waals surface area (Å²) in [5.41, 5.74) is 5.39. The number of ether oxygens (including phenoxy) is 1. The number of nitrogens with zero attached hydrogens (tertiary/aromatic N) is 1. The van der Waals surface area contributed by atoms with Crippen LogP contribution in [0.1, 0.15) is 34.3 Å². The maximum atomic E-state index is 12.2. The Bertz CT molecular complexity index is 1030. The molecule has 1 aromatic heterocycles. The highest BCUT2D eigenvalue weighted by atomic mass is 16.5. The Kier molecular flexibility index (Phi) is 6.27. The highest BCUT2D eigenvalue weighted by Crippen LogP contribution is 2.44. The van der Waals surface area contributed by atoms with E-state index in [2.05, 4.69) is 22.4 Å². The molecule has 0 spiro atoms. The van der Waals surface area contributed by atoms with Crippen molar-refractivity contribution in [2.24, 2.45) is 0 Å². The molecule has 2 aromatic carbocycles. The zero-order valence-corrected chi connectivity index (χ0v) is 16.8. The van der Waals surface area contributed by atoms with E-state index in [1.807, 2.05) is 36.4 Å². The van der Waals surface area contributed by atoms with Crippen molar-refractivity contribution >= 4 is 6.09 Å². The van der Waals surface area contributed by atoms with Gasteiger partial charge in [0.05, 0.1) is 6.61 Å². The number of nitrogens with one attached hydrogen (secondary N) is 1. The van der Waals surface area contributed by atoms with Crippen molar-refractivity contribution in [2.75, 3.05) is 13.2 Å². The van der Waals surface area contributed by atoms with E-state index in [9.17, 15) is 20.1 Å². The summed E-state index contributed by atoms with van der Waals surface area (Å²) in [4.78, 5) is 16.1. The van der Waals surface area contributed by atoms with E-state index < -0.39 is 18.3 Å². The highest BCUT2D eigenvalue weighted by Gasteiger charge is 2.29. The van der Waals surface area contributed by atoms with Crippen LogP contribution in [0.3, 0.4) is 0 Å². The number of carbonyl (C=O) groups is 1. The van der Waals surface area contributed by atoms with Crippen molar-refractivity contribution in [3.63, 3.8) is 0 Å². The van der Waals surface area contributed by atoms with Crippen molar-refractivity contribution in [1.29, 1.82) is 0 Å². The predicted octanol–water partition coefficient (Wildman–Crippen LogP) is 2.51. The van der Waals surface area contributed by atoms with Gasteiger partial charge >= 0.3 is 6.09 Å². The summed E-state index contributed by atoms with van der Waals surface area (Å²) in [7, 11) is 0. The van der Waals surface area contributed by atoms with Crippen LogP contribution in [0, 0.1) is 0 Å². The first kappa shape index (κ1) is 21.0. The number of carbonyl (C=O) groups excluding carboxylic acids is 1. The topological polar surface area (TPSA) is 112 Å². The summed E-state index contributed by atoms with van der Waals surface area (Å²) in [5.74, 6) is -0.0547. The molecule has 1 heterocycles. The smallest absolute Gasteiger partial charge is 0.407 e. The summed E-state index contributed by atoms with van der Waals surface area (Å²) < 4.78 is 5.42. The average molecular weight is 420 g/mol. The van der Waals surface area contributed by atoms with E-state index in [-0.39, 0.29) is 25.7 Å². The molecule has 0 fully saturated rings. The first-order valence-corrected chi connectivity index (χ1v) is 10.1. The van der Waals surface area contributed by atoms with Gasteiger partial charge in [-0.15, -0.1) is 0 Å². The number of aliphatic hydroxyl groups is 3. The first-order valence-electron chi connectivity index (χ1n) is 10.1. The lowest BCUT2D eigenvalue weighted by Gasteiger charge is -2.19. The fraction of sp³-hybridized carbons (Fsp3) is 0.250.